The molecule has 3 nitrogen and oxygen atoms in total. The molecule has 0 saturated heterocycles. The Morgan fingerprint density at radius 1 is 1.40 bits per heavy atom. The molecule has 0 spiro atoms. The molecule has 6 heteroatoms. The molecule has 1 rings (SSSR count). The van der Waals surface area contributed by atoms with Gasteiger partial charge in [-0.25, -0.2) is 0 Å². The lowest BCUT2D eigenvalue weighted by Crippen LogP contribution is -2.17. The lowest BCUT2D eigenvalue weighted by Gasteiger charge is -2.12. The van der Waals surface area contributed by atoms with Crippen molar-refractivity contribution in [1.29, 1.82) is 0 Å². The van der Waals surface area contributed by atoms with Gasteiger partial charge in [-0.05, 0) is 25.1 Å². The topological polar surface area (TPSA) is 64.9 Å². The van der Waals surface area contributed by atoms with Gasteiger partial charge < -0.3 is 11.5 Å². The average molecular weight is 219 g/mol. The molecule has 1 atom stereocenters. The third-order valence-corrected chi connectivity index (χ3v) is 1.97. The van der Waals surface area contributed by atoms with Crippen molar-refractivity contribution in [2.24, 2.45) is 11.5 Å². The zero-order valence-corrected chi connectivity index (χ0v) is 7.96. The number of halogens is 3. The highest BCUT2D eigenvalue weighted by Crippen LogP contribution is 2.29. The lowest BCUT2D eigenvalue weighted by molar-refractivity contribution is -0.137. The fourth-order valence-electron chi connectivity index (χ4n) is 1.15. The van der Waals surface area contributed by atoms with E-state index in [0.29, 0.717) is 13.0 Å². The molecular weight excluding hydrogens is 207 g/mol. The third-order valence-electron chi connectivity index (χ3n) is 1.97. The number of pyridine rings is 1. The predicted octanol–water partition coefficient (Wildman–Crippen LogP) is 1.45. The maximum atomic E-state index is 12.3. The van der Waals surface area contributed by atoms with E-state index in [-0.39, 0.29) is 5.69 Å². The van der Waals surface area contributed by atoms with Crippen LogP contribution < -0.4 is 11.5 Å². The van der Waals surface area contributed by atoms with Gasteiger partial charge in [0.1, 0.15) is 0 Å². The van der Waals surface area contributed by atoms with Crippen molar-refractivity contribution in [1.82, 2.24) is 4.98 Å². The smallest absolute Gasteiger partial charge is 0.330 e. The van der Waals surface area contributed by atoms with E-state index in [2.05, 4.69) is 4.98 Å². The van der Waals surface area contributed by atoms with Crippen molar-refractivity contribution in [2.75, 3.05) is 6.54 Å². The van der Waals surface area contributed by atoms with E-state index >= 15 is 0 Å². The summed E-state index contributed by atoms with van der Waals surface area (Å²) < 4.78 is 37.0. The van der Waals surface area contributed by atoms with Gasteiger partial charge in [0.05, 0.1) is 11.3 Å². The minimum atomic E-state index is -4.36. The highest BCUT2D eigenvalue weighted by atomic mass is 19.4. The van der Waals surface area contributed by atoms with E-state index in [1.165, 1.54) is 0 Å². The van der Waals surface area contributed by atoms with Crippen LogP contribution in [0.15, 0.2) is 18.3 Å². The van der Waals surface area contributed by atoms with Crippen LogP contribution in [-0.2, 0) is 6.18 Å². The molecule has 0 aliphatic heterocycles. The monoisotopic (exact) mass is 219 g/mol. The largest absolute Gasteiger partial charge is 0.416 e. The third kappa shape index (κ3) is 3.17. The summed E-state index contributed by atoms with van der Waals surface area (Å²) in [4.78, 5) is 3.79. The molecule has 0 aliphatic rings. The number of hydrogen-bond donors (Lipinski definition) is 2. The van der Waals surface area contributed by atoms with Crippen LogP contribution in [0.25, 0.3) is 0 Å². The fraction of sp³-hybridized carbons (Fsp3) is 0.444. The number of alkyl halides is 3. The Morgan fingerprint density at radius 3 is 2.60 bits per heavy atom. The van der Waals surface area contributed by atoms with Crippen LogP contribution in [0.1, 0.15) is 23.7 Å². The fourth-order valence-corrected chi connectivity index (χ4v) is 1.15. The van der Waals surface area contributed by atoms with Crippen molar-refractivity contribution in [2.45, 2.75) is 18.6 Å². The van der Waals surface area contributed by atoms with E-state index in [4.69, 9.17) is 11.5 Å². The van der Waals surface area contributed by atoms with Crippen LogP contribution in [0.2, 0.25) is 0 Å². The van der Waals surface area contributed by atoms with E-state index in [1.54, 1.807) is 0 Å². The number of aromatic nitrogens is 1. The van der Waals surface area contributed by atoms with Crippen LogP contribution in [-0.4, -0.2) is 11.5 Å². The highest BCUT2D eigenvalue weighted by Gasteiger charge is 2.31. The number of hydrogen-bond acceptors (Lipinski definition) is 3. The minimum Gasteiger partial charge on any atom is -0.330 e. The molecule has 0 radical (unpaired) electrons. The molecule has 0 saturated carbocycles. The quantitative estimate of drug-likeness (QED) is 0.808. The Bertz CT molecular complexity index is 325. The average Bonchev–Trinajstić information content (AvgIpc) is 2.17. The van der Waals surface area contributed by atoms with Gasteiger partial charge >= 0.3 is 6.18 Å². The second-order valence-corrected chi connectivity index (χ2v) is 3.15. The van der Waals surface area contributed by atoms with E-state index in [1.807, 2.05) is 0 Å². The van der Waals surface area contributed by atoms with Crippen molar-refractivity contribution in [3.8, 4) is 0 Å². The second-order valence-electron chi connectivity index (χ2n) is 3.15. The molecule has 0 amide bonds. The SMILES string of the molecule is NCCC(N)c1cc(C(F)(F)F)ccn1. The Morgan fingerprint density at radius 2 is 2.07 bits per heavy atom. The summed E-state index contributed by atoms with van der Waals surface area (Å²) in [6.45, 7) is 0.319. The van der Waals surface area contributed by atoms with E-state index in [9.17, 15) is 13.2 Å². The van der Waals surface area contributed by atoms with Crippen molar-refractivity contribution in [3.63, 3.8) is 0 Å². The first-order valence-corrected chi connectivity index (χ1v) is 4.44. The molecule has 15 heavy (non-hydrogen) atoms. The summed E-state index contributed by atoms with van der Waals surface area (Å²) in [5.41, 5.74) is 10.4. The van der Waals surface area contributed by atoms with Gasteiger partial charge in [0.25, 0.3) is 0 Å². The van der Waals surface area contributed by atoms with E-state index in [0.717, 1.165) is 18.3 Å². The van der Waals surface area contributed by atoms with Crippen molar-refractivity contribution < 1.29 is 13.2 Å². The van der Waals surface area contributed by atoms with Gasteiger partial charge in [0.2, 0.25) is 0 Å². The molecule has 1 unspecified atom stereocenters. The molecule has 0 aromatic carbocycles. The van der Waals surface area contributed by atoms with E-state index < -0.39 is 17.8 Å². The van der Waals surface area contributed by atoms with Crippen LogP contribution in [0.3, 0.4) is 0 Å². The van der Waals surface area contributed by atoms with Gasteiger partial charge in [0.15, 0.2) is 0 Å². The minimum absolute atomic E-state index is 0.218. The molecule has 1 heterocycles. The summed E-state index contributed by atoms with van der Waals surface area (Å²) >= 11 is 0. The first-order valence-electron chi connectivity index (χ1n) is 4.44. The predicted molar refractivity (Wildman–Crippen MR) is 49.8 cm³/mol. The number of nitrogens with zero attached hydrogens (tertiary/aromatic N) is 1. The number of nitrogens with two attached hydrogens (primary N) is 2. The van der Waals surface area contributed by atoms with Gasteiger partial charge in [-0.3, -0.25) is 4.98 Å². The Labute approximate surface area is 85.3 Å². The summed E-state index contributed by atoms with van der Waals surface area (Å²) in [6, 6.07) is 1.33. The van der Waals surface area contributed by atoms with Crippen LogP contribution in [0.5, 0.6) is 0 Å². The number of rotatable bonds is 3. The zero-order valence-electron chi connectivity index (χ0n) is 7.96. The lowest BCUT2D eigenvalue weighted by atomic mass is 10.1. The van der Waals surface area contributed by atoms with Gasteiger partial charge in [-0.2, -0.15) is 13.2 Å². The van der Waals surface area contributed by atoms with Crippen LogP contribution in [0, 0.1) is 0 Å². The first-order chi connectivity index (χ1) is 6.95. The normalized spacial score (nSPS) is 13.9. The summed E-state index contributed by atoms with van der Waals surface area (Å²) in [7, 11) is 0. The van der Waals surface area contributed by atoms with Crippen LogP contribution in [0.4, 0.5) is 13.2 Å². The first kappa shape index (κ1) is 11.9. The van der Waals surface area contributed by atoms with Crippen LogP contribution >= 0.6 is 0 Å². The molecule has 84 valence electrons. The molecule has 1 aromatic rings. The Kier molecular flexibility index (Phi) is 3.65. The van der Waals surface area contributed by atoms with Gasteiger partial charge in [-0.15, -0.1) is 0 Å². The maximum absolute atomic E-state index is 12.3. The molecule has 0 fully saturated rings. The second kappa shape index (κ2) is 4.59. The van der Waals surface area contributed by atoms with Gasteiger partial charge in [-0.1, -0.05) is 0 Å². The summed E-state index contributed by atoms with van der Waals surface area (Å²) in [5, 5.41) is 0. The zero-order chi connectivity index (χ0) is 11.5. The molecule has 4 N–H and O–H groups in total. The maximum Gasteiger partial charge on any atom is 0.416 e. The summed E-state index contributed by atoms with van der Waals surface area (Å²) in [5.74, 6) is 0. The van der Waals surface area contributed by atoms with Crippen molar-refractivity contribution >= 4 is 0 Å². The summed E-state index contributed by atoms with van der Waals surface area (Å²) in [6.07, 6.45) is -2.84. The Balaban J connectivity index is 2.92. The van der Waals surface area contributed by atoms with Crippen molar-refractivity contribution in [3.05, 3.63) is 29.6 Å². The van der Waals surface area contributed by atoms with Gasteiger partial charge in [0, 0.05) is 12.2 Å². The standard InChI is InChI=1S/C9H12F3N3/c10-9(11,12)6-2-4-15-8(5-6)7(14)1-3-13/h2,4-5,7H,1,3,13-14H2. The molecule has 0 aliphatic carbocycles. The molecular formula is C9H12F3N3. The Hall–Kier alpha value is -1.14. The molecule has 0 bridgehead atoms. The molecule has 1 aromatic heterocycles. The highest BCUT2D eigenvalue weighted by molar-refractivity contribution is 5.21.